The third-order valence-electron chi connectivity index (χ3n) is 8.36. The molecule has 48 heavy (non-hydrogen) atoms. The van der Waals surface area contributed by atoms with Crippen molar-refractivity contribution in [2.75, 3.05) is 17.5 Å². The summed E-state index contributed by atoms with van der Waals surface area (Å²) in [5.41, 5.74) is 2.00. The minimum Gasteiger partial charge on any atom is -0.494 e. The quantitative estimate of drug-likeness (QED) is 0.143. The highest BCUT2D eigenvalue weighted by Gasteiger charge is 2.35. The second-order valence-corrected chi connectivity index (χ2v) is 15.4. The van der Waals surface area contributed by atoms with Crippen LogP contribution in [-0.2, 0) is 32.6 Å². The van der Waals surface area contributed by atoms with Crippen LogP contribution in [0, 0.1) is 0 Å². The average Bonchev–Trinajstić information content (AvgIpc) is 3.60. The number of carbonyl (C=O) groups excluding carboxylic acids is 2. The molecule has 1 saturated carbocycles. The Morgan fingerprint density at radius 2 is 1.44 bits per heavy atom. The molecule has 0 saturated heterocycles. The molecule has 1 aliphatic carbocycles. The Morgan fingerprint density at radius 3 is 2.04 bits per heavy atom. The normalized spacial score (nSPS) is 13.9. The van der Waals surface area contributed by atoms with Crippen molar-refractivity contribution in [3.8, 4) is 5.75 Å². The van der Waals surface area contributed by atoms with Gasteiger partial charge < -0.3 is 15.0 Å². The predicted molar refractivity (Wildman–Crippen MR) is 195 cm³/mol. The van der Waals surface area contributed by atoms with Crippen molar-refractivity contribution in [2.24, 2.45) is 0 Å². The molecule has 1 atom stereocenters. The van der Waals surface area contributed by atoms with Crippen molar-refractivity contribution in [1.29, 1.82) is 0 Å². The van der Waals surface area contributed by atoms with Crippen LogP contribution in [0.25, 0.3) is 0 Å². The number of rotatable bonds is 14. The van der Waals surface area contributed by atoms with E-state index in [1.54, 1.807) is 36.4 Å². The summed E-state index contributed by atoms with van der Waals surface area (Å²) in [6, 6.07) is 29.2. The molecule has 1 N–H and O–H groups in total. The fourth-order valence-electron chi connectivity index (χ4n) is 5.85. The zero-order valence-electron chi connectivity index (χ0n) is 26.7. The monoisotopic (exact) mass is 795 g/mol. The molecule has 4 aromatic rings. The average molecular weight is 798 g/mol. The second kappa shape index (κ2) is 16.6. The number of nitrogens with one attached hydrogen (secondary N) is 1. The Hall–Kier alpha value is -3.67. The van der Waals surface area contributed by atoms with Gasteiger partial charge in [-0.2, -0.15) is 0 Å². The summed E-state index contributed by atoms with van der Waals surface area (Å²) < 4.78 is 36.8. The van der Waals surface area contributed by atoms with Gasteiger partial charge in [0.05, 0.1) is 17.2 Å². The van der Waals surface area contributed by atoms with Gasteiger partial charge >= 0.3 is 0 Å². The first kappa shape index (κ1) is 35.6. The molecular formula is C37H39Br2N3O5S. The molecule has 2 amide bonds. The predicted octanol–water partition coefficient (Wildman–Crippen LogP) is 7.50. The number of carbonyl (C=O) groups is 2. The first-order valence-electron chi connectivity index (χ1n) is 16.0. The molecule has 0 radical (unpaired) electrons. The summed E-state index contributed by atoms with van der Waals surface area (Å²) in [4.78, 5) is 30.4. The minimum atomic E-state index is -4.21. The van der Waals surface area contributed by atoms with Crippen LogP contribution in [-0.4, -0.2) is 50.4 Å². The van der Waals surface area contributed by atoms with Crippen molar-refractivity contribution < 1.29 is 22.7 Å². The van der Waals surface area contributed by atoms with Gasteiger partial charge in [0.2, 0.25) is 11.8 Å². The SMILES string of the molecule is CCOc1ccc(N(CC(=O)N(Cc2ccc(Br)cc2)[C@H](Cc2ccccc2)C(=O)NC2CCCC2)S(=O)(=O)c2ccc(Br)cc2)cc1. The van der Waals surface area contributed by atoms with Gasteiger partial charge in [-0.25, -0.2) is 8.42 Å². The lowest BCUT2D eigenvalue weighted by Gasteiger charge is -2.34. The molecule has 11 heteroatoms. The standard InChI is InChI=1S/C37H39Br2N3O5S/c1-2-47-33-20-18-32(19-21-33)42(48(45,46)34-22-16-30(39)17-23-34)26-36(43)41(25-28-12-14-29(38)15-13-28)35(24-27-8-4-3-5-9-27)37(44)40-31-10-6-7-11-31/h3-5,8-9,12-23,31,35H,2,6-7,10-11,24-26H2,1H3,(H,40,44)/t35-/m1/s1. The Morgan fingerprint density at radius 1 is 0.833 bits per heavy atom. The van der Waals surface area contributed by atoms with E-state index in [0.717, 1.165) is 50.1 Å². The number of hydrogen-bond donors (Lipinski definition) is 1. The van der Waals surface area contributed by atoms with E-state index in [-0.39, 0.29) is 29.8 Å². The molecule has 0 unspecified atom stereocenters. The fourth-order valence-corrected chi connectivity index (χ4v) is 7.79. The summed E-state index contributed by atoms with van der Waals surface area (Å²) in [7, 11) is -4.21. The van der Waals surface area contributed by atoms with E-state index in [4.69, 9.17) is 4.74 Å². The highest BCUT2D eigenvalue weighted by Crippen LogP contribution is 2.28. The number of benzene rings is 4. The maximum atomic E-state index is 14.7. The number of amides is 2. The molecule has 8 nitrogen and oxygen atoms in total. The first-order valence-corrected chi connectivity index (χ1v) is 19.1. The van der Waals surface area contributed by atoms with Crippen molar-refractivity contribution in [2.45, 2.75) is 62.6 Å². The van der Waals surface area contributed by atoms with Crippen LogP contribution in [0.4, 0.5) is 5.69 Å². The van der Waals surface area contributed by atoms with Gasteiger partial charge in [0.25, 0.3) is 10.0 Å². The molecule has 1 fully saturated rings. The molecule has 0 spiro atoms. The van der Waals surface area contributed by atoms with E-state index < -0.39 is 28.5 Å². The molecule has 4 aromatic carbocycles. The number of halogens is 2. The Kier molecular flexibility index (Phi) is 12.3. The molecular weight excluding hydrogens is 758 g/mol. The summed E-state index contributed by atoms with van der Waals surface area (Å²) in [6.45, 7) is 1.91. The summed E-state index contributed by atoms with van der Waals surface area (Å²) >= 11 is 6.85. The van der Waals surface area contributed by atoms with Crippen LogP contribution in [0.1, 0.15) is 43.7 Å². The number of anilines is 1. The zero-order valence-corrected chi connectivity index (χ0v) is 30.7. The van der Waals surface area contributed by atoms with Crippen molar-refractivity contribution in [1.82, 2.24) is 10.2 Å². The largest absolute Gasteiger partial charge is 0.494 e. The number of hydrogen-bond acceptors (Lipinski definition) is 5. The molecule has 0 bridgehead atoms. The number of ether oxygens (including phenoxy) is 1. The minimum absolute atomic E-state index is 0.0339. The van der Waals surface area contributed by atoms with E-state index in [1.165, 1.54) is 17.0 Å². The first-order chi connectivity index (χ1) is 23.1. The Labute approximate surface area is 299 Å². The lowest BCUT2D eigenvalue weighted by Crippen LogP contribution is -2.54. The van der Waals surface area contributed by atoms with E-state index in [2.05, 4.69) is 37.2 Å². The van der Waals surface area contributed by atoms with Crippen LogP contribution in [0.5, 0.6) is 5.75 Å². The lowest BCUT2D eigenvalue weighted by atomic mass is 10.0. The third kappa shape index (κ3) is 9.27. The van der Waals surface area contributed by atoms with Gasteiger partial charge in [0, 0.05) is 28.0 Å². The van der Waals surface area contributed by atoms with E-state index in [0.29, 0.717) is 18.0 Å². The van der Waals surface area contributed by atoms with Crippen molar-refractivity contribution in [3.63, 3.8) is 0 Å². The molecule has 1 aliphatic rings. The smallest absolute Gasteiger partial charge is 0.264 e. The second-order valence-electron chi connectivity index (χ2n) is 11.7. The van der Waals surface area contributed by atoms with Gasteiger partial charge in [-0.15, -0.1) is 0 Å². The highest BCUT2D eigenvalue weighted by atomic mass is 79.9. The van der Waals surface area contributed by atoms with Gasteiger partial charge in [0.15, 0.2) is 0 Å². The summed E-state index contributed by atoms with van der Waals surface area (Å²) in [5, 5.41) is 3.20. The van der Waals surface area contributed by atoms with Gasteiger partial charge in [-0.3, -0.25) is 13.9 Å². The van der Waals surface area contributed by atoms with E-state index in [9.17, 15) is 18.0 Å². The van der Waals surface area contributed by atoms with Crippen molar-refractivity contribution in [3.05, 3.63) is 123 Å². The summed E-state index contributed by atoms with van der Waals surface area (Å²) in [5.74, 6) is -0.175. The molecule has 252 valence electrons. The van der Waals surface area contributed by atoms with Crippen LogP contribution in [0.15, 0.2) is 117 Å². The molecule has 0 aromatic heterocycles. The van der Waals surface area contributed by atoms with Gasteiger partial charge in [-0.1, -0.05) is 87.2 Å². The van der Waals surface area contributed by atoms with Crippen LogP contribution >= 0.6 is 31.9 Å². The topological polar surface area (TPSA) is 96.0 Å². The maximum Gasteiger partial charge on any atom is 0.264 e. The van der Waals surface area contributed by atoms with Crippen LogP contribution in [0.3, 0.4) is 0 Å². The van der Waals surface area contributed by atoms with Crippen molar-refractivity contribution >= 4 is 59.4 Å². The number of nitrogens with zero attached hydrogens (tertiary/aromatic N) is 2. The van der Waals surface area contributed by atoms with Crippen LogP contribution in [0.2, 0.25) is 0 Å². The van der Waals surface area contributed by atoms with E-state index >= 15 is 0 Å². The fraction of sp³-hybridized carbons (Fsp3) is 0.297. The Balaban J connectivity index is 1.56. The van der Waals surface area contributed by atoms with E-state index in [1.807, 2.05) is 61.5 Å². The third-order valence-corrected chi connectivity index (χ3v) is 11.2. The number of sulfonamides is 1. The zero-order chi connectivity index (χ0) is 34.1. The van der Waals surface area contributed by atoms with Crippen LogP contribution < -0.4 is 14.4 Å². The lowest BCUT2D eigenvalue weighted by molar-refractivity contribution is -0.140. The summed E-state index contributed by atoms with van der Waals surface area (Å²) in [6.07, 6.45) is 4.13. The van der Waals surface area contributed by atoms with Gasteiger partial charge in [0.1, 0.15) is 18.3 Å². The molecule has 5 rings (SSSR count). The van der Waals surface area contributed by atoms with Gasteiger partial charge in [-0.05, 0) is 91.6 Å². The highest BCUT2D eigenvalue weighted by molar-refractivity contribution is 9.10. The molecule has 0 heterocycles. The maximum absolute atomic E-state index is 14.7. The molecule has 0 aliphatic heterocycles. The Bertz CT molecular complexity index is 1760.